The molecule has 0 bridgehead atoms. The van der Waals surface area contributed by atoms with Crippen molar-refractivity contribution in [2.45, 2.75) is 13.8 Å². The second-order valence-corrected chi connectivity index (χ2v) is 3.68. The first-order valence-electron chi connectivity index (χ1n) is 3.76. The molecule has 0 aliphatic heterocycles. The van der Waals surface area contributed by atoms with E-state index in [0.29, 0.717) is 0 Å². The maximum atomic E-state index is 9.00. The van der Waals surface area contributed by atoms with E-state index in [1.165, 1.54) is 36.3 Å². The summed E-state index contributed by atoms with van der Waals surface area (Å²) in [5.41, 5.74) is 1.43. The van der Waals surface area contributed by atoms with E-state index < -0.39 is 5.97 Å². The summed E-state index contributed by atoms with van der Waals surface area (Å²) in [6.07, 6.45) is 0. The van der Waals surface area contributed by atoms with Crippen molar-refractivity contribution in [3.05, 3.63) is 29.8 Å². The number of aliphatic carboxylic acids is 1. The molecular weight excluding hydrogens is 163 g/mol. The summed E-state index contributed by atoms with van der Waals surface area (Å²) in [4.78, 5) is 9.00. The molecule has 0 aliphatic rings. The van der Waals surface area contributed by atoms with Gasteiger partial charge in [0.1, 0.15) is 0 Å². The van der Waals surface area contributed by atoms with Gasteiger partial charge in [-0.2, -0.15) is 0 Å². The Morgan fingerprint density at radius 2 is 1.83 bits per heavy atom. The van der Waals surface area contributed by atoms with Crippen LogP contribution < -0.4 is 2.81 Å². The van der Waals surface area contributed by atoms with Crippen LogP contribution in [0.2, 0.25) is 0 Å². The van der Waals surface area contributed by atoms with Crippen LogP contribution in [0.25, 0.3) is 0 Å². The van der Waals surface area contributed by atoms with Crippen LogP contribution in [-0.4, -0.2) is 39.0 Å². The van der Waals surface area contributed by atoms with E-state index in [2.05, 4.69) is 31.2 Å². The molecule has 0 saturated carbocycles. The molecule has 0 heterocycles. The summed E-state index contributed by atoms with van der Waals surface area (Å²) in [7, 11) is 0. The van der Waals surface area contributed by atoms with Gasteiger partial charge in [-0.3, -0.25) is 4.79 Å². The van der Waals surface area contributed by atoms with E-state index in [1.54, 1.807) is 0 Å². The molecule has 3 heteroatoms. The summed E-state index contributed by atoms with van der Waals surface area (Å²) < 4.78 is 1.51. The van der Waals surface area contributed by atoms with Crippen LogP contribution in [0, 0.1) is 6.92 Å². The Labute approximate surface area is 90.0 Å². The van der Waals surface area contributed by atoms with E-state index in [1.807, 2.05) is 0 Å². The average Bonchev–Trinajstić information content (AvgIpc) is 1.94. The number of carbonyl (C=O) groups is 1. The Hall–Kier alpha value is -0.310. The third-order valence-corrected chi connectivity index (χ3v) is 2.55. The molecule has 1 aromatic carbocycles. The van der Waals surface area contributed by atoms with Gasteiger partial charge in [-0.15, -0.1) is 0 Å². The van der Waals surface area contributed by atoms with Crippen LogP contribution in [0.1, 0.15) is 12.5 Å². The van der Waals surface area contributed by atoms with Crippen molar-refractivity contribution < 1.29 is 9.90 Å². The first-order valence-corrected chi connectivity index (χ1v) is 4.76. The second-order valence-electron chi connectivity index (χ2n) is 2.60. The Morgan fingerprint density at radius 3 is 2.08 bits per heavy atom. The Bertz CT molecular complexity index is 233. The first-order chi connectivity index (χ1) is 5.54. The third-order valence-electron chi connectivity index (χ3n) is 1.43. The van der Waals surface area contributed by atoms with Crippen LogP contribution in [0.15, 0.2) is 24.3 Å². The fourth-order valence-electron chi connectivity index (χ4n) is 0.663. The van der Waals surface area contributed by atoms with Gasteiger partial charge in [0.05, 0.1) is 0 Å². The number of hydrogen-bond donors (Lipinski definition) is 1. The Morgan fingerprint density at radius 1 is 1.42 bits per heavy atom. The summed E-state index contributed by atoms with van der Waals surface area (Å²) >= 11 is 1.18. The van der Waals surface area contributed by atoms with E-state index in [9.17, 15) is 0 Å². The van der Waals surface area contributed by atoms with Crippen molar-refractivity contribution in [3.8, 4) is 0 Å². The second kappa shape index (κ2) is 6.23. The molecule has 1 N–H and O–H groups in total. The number of aryl methyl sites for hydroxylation is 1. The van der Waals surface area contributed by atoms with Crippen LogP contribution in [-0.2, 0) is 4.79 Å². The number of benzene rings is 1. The van der Waals surface area contributed by atoms with E-state index in [4.69, 9.17) is 9.90 Å². The molecule has 1 rings (SSSR count). The van der Waals surface area contributed by atoms with Crippen molar-refractivity contribution >= 4 is 36.7 Å². The molecular formula is C9H11NaO2. The molecule has 0 amide bonds. The Balaban J connectivity index is 0.000000261. The van der Waals surface area contributed by atoms with Crippen molar-refractivity contribution in [3.63, 3.8) is 0 Å². The van der Waals surface area contributed by atoms with Gasteiger partial charge in [0.15, 0.2) is 0 Å². The number of carboxylic acid groups (broad SMARTS) is 1. The zero-order valence-corrected chi connectivity index (χ0v) is 9.66. The molecule has 60 valence electrons. The topological polar surface area (TPSA) is 37.3 Å². The van der Waals surface area contributed by atoms with E-state index >= 15 is 0 Å². The van der Waals surface area contributed by atoms with Gasteiger partial charge < -0.3 is 5.11 Å². The van der Waals surface area contributed by atoms with Gasteiger partial charge in [0.25, 0.3) is 5.97 Å². The van der Waals surface area contributed by atoms with Crippen LogP contribution in [0.4, 0.5) is 0 Å². The molecule has 0 aromatic heterocycles. The van der Waals surface area contributed by atoms with Crippen molar-refractivity contribution in [1.29, 1.82) is 0 Å². The van der Waals surface area contributed by atoms with Crippen LogP contribution in [0.5, 0.6) is 0 Å². The molecule has 0 atom stereocenters. The first kappa shape index (κ1) is 11.7. The SMILES string of the molecule is CC(=O)O.Cc1cccc[c]1[Na]. The van der Waals surface area contributed by atoms with Gasteiger partial charge in [0.2, 0.25) is 0 Å². The molecule has 2 nitrogen and oxygen atoms in total. The summed E-state index contributed by atoms with van der Waals surface area (Å²) in [6, 6.07) is 8.51. The predicted molar refractivity (Wildman–Crippen MR) is 49.9 cm³/mol. The van der Waals surface area contributed by atoms with Gasteiger partial charge in [0, 0.05) is 6.92 Å². The summed E-state index contributed by atoms with van der Waals surface area (Å²) in [5.74, 6) is -0.833. The van der Waals surface area contributed by atoms with Crippen LogP contribution >= 0.6 is 0 Å². The maximum absolute atomic E-state index is 9.00. The van der Waals surface area contributed by atoms with E-state index in [-0.39, 0.29) is 0 Å². The van der Waals surface area contributed by atoms with Gasteiger partial charge in [-0.25, -0.2) is 0 Å². The minimum absolute atomic E-state index is 0.833. The van der Waals surface area contributed by atoms with Gasteiger partial charge in [-0.1, -0.05) is 0 Å². The zero-order chi connectivity index (χ0) is 9.56. The number of hydrogen-bond acceptors (Lipinski definition) is 1. The van der Waals surface area contributed by atoms with Crippen molar-refractivity contribution in [2.75, 3.05) is 0 Å². The molecule has 0 radical (unpaired) electrons. The molecule has 0 saturated heterocycles. The fraction of sp³-hybridized carbons (Fsp3) is 0.222. The molecule has 0 aliphatic carbocycles. The van der Waals surface area contributed by atoms with Crippen molar-refractivity contribution in [1.82, 2.24) is 0 Å². The quantitative estimate of drug-likeness (QED) is 0.593. The summed E-state index contributed by atoms with van der Waals surface area (Å²) in [6.45, 7) is 3.24. The van der Waals surface area contributed by atoms with Crippen LogP contribution in [0.3, 0.4) is 0 Å². The Kier molecular flexibility index (Phi) is 6.07. The van der Waals surface area contributed by atoms with Crippen molar-refractivity contribution in [2.24, 2.45) is 0 Å². The summed E-state index contributed by atoms with van der Waals surface area (Å²) in [5, 5.41) is 7.42. The monoisotopic (exact) mass is 174 g/mol. The molecule has 0 spiro atoms. The normalized spacial score (nSPS) is 8.33. The van der Waals surface area contributed by atoms with E-state index in [0.717, 1.165) is 6.92 Å². The van der Waals surface area contributed by atoms with Gasteiger partial charge in [-0.05, 0) is 0 Å². The third kappa shape index (κ3) is 6.40. The molecule has 12 heavy (non-hydrogen) atoms. The predicted octanol–water partition coefficient (Wildman–Crippen LogP) is 0.880. The zero-order valence-electron chi connectivity index (χ0n) is 7.66. The number of rotatable bonds is 0. The van der Waals surface area contributed by atoms with Gasteiger partial charge >= 0.3 is 67.5 Å². The molecule has 0 fully saturated rings. The average molecular weight is 174 g/mol. The molecule has 0 unspecified atom stereocenters. The standard InChI is InChI=1S/C7H7.C2H4O2.Na/c1-7-5-3-2-4-6-7;1-2(3)4;/h2-5H,1H3;1H3,(H,3,4);. The minimum atomic E-state index is -0.833. The molecule has 1 aromatic rings. The fourth-order valence-corrected chi connectivity index (χ4v) is 1.02. The number of carboxylic acids is 1.